The van der Waals surface area contributed by atoms with Gasteiger partial charge in [-0.3, -0.25) is 9.69 Å². The summed E-state index contributed by atoms with van der Waals surface area (Å²) in [7, 11) is -3.61. The molecule has 3 fully saturated rings. The van der Waals surface area contributed by atoms with Crippen LogP contribution in [-0.2, 0) is 24.3 Å². The van der Waals surface area contributed by atoms with Crippen LogP contribution in [0, 0.1) is 5.92 Å². The number of sulfonamides is 1. The minimum Gasteiger partial charge on any atom is -0.489 e. The van der Waals surface area contributed by atoms with Crippen molar-refractivity contribution in [1.82, 2.24) is 9.21 Å². The van der Waals surface area contributed by atoms with Gasteiger partial charge in [-0.2, -0.15) is 4.31 Å². The summed E-state index contributed by atoms with van der Waals surface area (Å²) in [5.74, 6) is 0.646. The number of benzene rings is 1. The van der Waals surface area contributed by atoms with Gasteiger partial charge in [-0.25, -0.2) is 8.42 Å². The zero-order valence-corrected chi connectivity index (χ0v) is 21.0. The van der Waals surface area contributed by atoms with Crippen LogP contribution in [0.5, 0.6) is 5.75 Å². The highest BCUT2D eigenvalue weighted by molar-refractivity contribution is 7.89. The molecule has 0 spiro atoms. The summed E-state index contributed by atoms with van der Waals surface area (Å²) >= 11 is 0. The normalized spacial score (nSPS) is 21.7. The number of likely N-dealkylation sites (tertiary alicyclic amines) is 1. The van der Waals surface area contributed by atoms with Crippen LogP contribution in [0.2, 0.25) is 0 Å². The van der Waals surface area contributed by atoms with Gasteiger partial charge in [0.1, 0.15) is 5.75 Å². The van der Waals surface area contributed by atoms with Gasteiger partial charge in [0.25, 0.3) is 0 Å². The van der Waals surface area contributed by atoms with Crippen molar-refractivity contribution in [3.8, 4) is 5.75 Å². The third-order valence-corrected chi connectivity index (χ3v) is 8.47. The smallest absolute Gasteiger partial charge is 0.243 e. The van der Waals surface area contributed by atoms with E-state index in [0.717, 1.165) is 45.2 Å². The number of amides is 1. The number of anilines is 1. The fourth-order valence-corrected chi connectivity index (χ4v) is 6.35. The van der Waals surface area contributed by atoms with Crippen LogP contribution in [0.25, 0.3) is 0 Å². The molecule has 0 radical (unpaired) electrons. The van der Waals surface area contributed by atoms with Crippen molar-refractivity contribution < 1.29 is 27.4 Å². The van der Waals surface area contributed by atoms with Crippen LogP contribution in [0.1, 0.15) is 46.0 Å². The first-order valence-corrected chi connectivity index (χ1v) is 13.8. The number of rotatable bonds is 8. The Hall–Kier alpha value is -1.72. The first-order chi connectivity index (χ1) is 16.3. The van der Waals surface area contributed by atoms with Gasteiger partial charge in [0.05, 0.1) is 36.4 Å². The number of ether oxygens (including phenoxy) is 3. The van der Waals surface area contributed by atoms with Gasteiger partial charge in [0.15, 0.2) is 6.29 Å². The molecule has 3 saturated heterocycles. The van der Waals surface area contributed by atoms with E-state index in [0.29, 0.717) is 43.7 Å². The molecular formula is C24H37N3O6S. The molecule has 9 nitrogen and oxygen atoms in total. The Balaban J connectivity index is 1.41. The van der Waals surface area contributed by atoms with Gasteiger partial charge >= 0.3 is 0 Å². The maximum absolute atomic E-state index is 13.2. The molecule has 4 rings (SSSR count). The Bertz CT molecular complexity index is 934. The molecule has 0 atom stereocenters. The highest BCUT2D eigenvalue weighted by Gasteiger charge is 2.31. The molecule has 1 aromatic carbocycles. The molecule has 3 aliphatic rings. The Morgan fingerprint density at radius 2 is 1.76 bits per heavy atom. The van der Waals surface area contributed by atoms with Crippen molar-refractivity contribution >= 4 is 21.6 Å². The topological polar surface area (TPSA) is 97.4 Å². The van der Waals surface area contributed by atoms with E-state index in [1.807, 2.05) is 13.8 Å². The van der Waals surface area contributed by atoms with Gasteiger partial charge in [0, 0.05) is 19.0 Å². The third-order valence-electron chi connectivity index (χ3n) is 6.57. The molecule has 0 saturated carbocycles. The number of nitrogens with one attached hydrogen (secondary N) is 1. The molecule has 1 N–H and O–H groups in total. The highest BCUT2D eigenvalue weighted by Crippen LogP contribution is 2.31. The van der Waals surface area contributed by atoms with Crippen molar-refractivity contribution in [2.75, 3.05) is 51.3 Å². The summed E-state index contributed by atoms with van der Waals surface area (Å²) < 4.78 is 45.0. The zero-order chi connectivity index (χ0) is 24.1. The zero-order valence-electron chi connectivity index (χ0n) is 20.2. The first kappa shape index (κ1) is 25.4. The Morgan fingerprint density at radius 3 is 2.41 bits per heavy atom. The highest BCUT2D eigenvalue weighted by atomic mass is 32.2. The molecule has 1 aromatic rings. The summed E-state index contributed by atoms with van der Waals surface area (Å²) in [6.45, 7) is 7.98. The monoisotopic (exact) mass is 495 g/mol. The molecule has 0 unspecified atom stereocenters. The largest absolute Gasteiger partial charge is 0.489 e. The lowest BCUT2D eigenvalue weighted by Crippen LogP contribution is -2.41. The summed E-state index contributed by atoms with van der Waals surface area (Å²) in [6, 6.07) is 4.73. The lowest BCUT2D eigenvalue weighted by atomic mass is 9.96. The van der Waals surface area contributed by atoms with Crippen molar-refractivity contribution in [2.24, 2.45) is 5.92 Å². The average Bonchev–Trinajstić information content (AvgIpc) is 3.36. The van der Waals surface area contributed by atoms with E-state index in [1.165, 1.54) is 10.4 Å². The standard InChI is InChI=1S/C24H37N3O6S/c1-18(2)33-22-7-6-20(34(29,30)27-10-4-3-5-11-27)16-21(22)25-23(28)17-26-12-8-19(9-13-26)24-31-14-15-32-24/h6-7,16,18-19,24H,3-5,8-15,17H2,1-2H3,(H,25,28). The molecule has 0 aromatic heterocycles. The SMILES string of the molecule is CC(C)Oc1ccc(S(=O)(=O)N2CCCCC2)cc1NC(=O)CN1CCC(C2OCCO2)CC1. The summed E-state index contributed by atoms with van der Waals surface area (Å²) in [6.07, 6.45) is 4.40. The third kappa shape index (κ3) is 6.28. The van der Waals surface area contributed by atoms with Crippen molar-refractivity contribution in [1.29, 1.82) is 0 Å². The second kappa shape index (κ2) is 11.3. The summed E-state index contributed by atoms with van der Waals surface area (Å²) in [5, 5.41) is 2.91. The van der Waals surface area contributed by atoms with Gasteiger partial charge in [-0.15, -0.1) is 0 Å². The van der Waals surface area contributed by atoms with Gasteiger partial charge < -0.3 is 19.5 Å². The Morgan fingerprint density at radius 1 is 1.09 bits per heavy atom. The van der Waals surface area contributed by atoms with Crippen molar-refractivity contribution in [3.05, 3.63) is 18.2 Å². The number of hydrogen-bond donors (Lipinski definition) is 1. The molecular weight excluding hydrogens is 458 g/mol. The van der Waals surface area contributed by atoms with E-state index in [4.69, 9.17) is 14.2 Å². The number of piperidine rings is 2. The average molecular weight is 496 g/mol. The Kier molecular flexibility index (Phi) is 8.47. The van der Waals surface area contributed by atoms with E-state index in [1.54, 1.807) is 12.1 Å². The van der Waals surface area contributed by atoms with E-state index in [-0.39, 0.29) is 29.7 Å². The number of carbonyl (C=O) groups excluding carboxylic acids is 1. The molecule has 0 aliphatic carbocycles. The minimum atomic E-state index is -3.61. The lowest BCUT2D eigenvalue weighted by molar-refractivity contribution is -0.119. The van der Waals surface area contributed by atoms with Crippen LogP contribution in [0.15, 0.2) is 23.1 Å². The maximum Gasteiger partial charge on any atom is 0.243 e. The van der Waals surface area contributed by atoms with Crippen LogP contribution >= 0.6 is 0 Å². The second-order valence-electron chi connectivity index (χ2n) is 9.56. The molecule has 3 aliphatic heterocycles. The lowest BCUT2D eigenvalue weighted by Gasteiger charge is -2.33. The maximum atomic E-state index is 13.2. The predicted octanol–water partition coefficient (Wildman–Crippen LogP) is 2.67. The molecule has 0 bridgehead atoms. The van der Waals surface area contributed by atoms with Crippen molar-refractivity contribution in [2.45, 2.75) is 63.2 Å². The van der Waals surface area contributed by atoms with Crippen molar-refractivity contribution in [3.63, 3.8) is 0 Å². The van der Waals surface area contributed by atoms with Crippen LogP contribution in [-0.4, -0.2) is 81.9 Å². The van der Waals surface area contributed by atoms with E-state index in [2.05, 4.69) is 10.2 Å². The Labute approximate surface area is 202 Å². The second-order valence-corrected chi connectivity index (χ2v) is 11.5. The fraction of sp³-hybridized carbons (Fsp3) is 0.708. The summed E-state index contributed by atoms with van der Waals surface area (Å²) in [4.78, 5) is 15.2. The molecule has 3 heterocycles. The van der Waals surface area contributed by atoms with Crippen LogP contribution in [0.3, 0.4) is 0 Å². The molecule has 10 heteroatoms. The van der Waals surface area contributed by atoms with Gasteiger partial charge in [-0.1, -0.05) is 6.42 Å². The predicted molar refractivity (Wildman–Crippen MR) is 128 cm³/mol. The van der Waals surface area contributed by atoms with Crippen LogP contribution < -0.4 is 10.1 Å². The number of nitrogens with zero attached hydrogens (tertiary/aromatic N) is 2. The van der Waals surface area contributed by atoms with Gasteiger partial charge in [-0.05, 0) is 70.8 Å². The quantitative estimate of drug-likeness (QED) is 0.592. The minimum absolute atomic E-state index is 0.112. The van der Waals surface area contributed by atoms with Gasteiger partial charge in [0.2, 0.25) is 15.9 Å². The fourth-order valence-electron chi connectivity index (χ4n) is 4.80. The number of hydrogen-bond acceptors (Lipinski definition) is 7. The number of carbonyl (C=O) groups is 1. The molecule has 34 heavy (non-hydrogen) atoms. The first-order valence-electron chi connectivity index (χ1n) is 12.4. The van der Waals surface area contributed by atoms with E-state index < -0.39 is 10.0 Å². The van der Waals surface area contributed by atoms with E-state index in [9.17, 15) is 13.2 Å². The summed E-state index contributed by atoms with van der Waals surface area (Å²) in [5.41, 5.74) is 0.388. The molecule has 1 amide bonds. The molecule has 190 valence electrons. The van der Waals surface area contributed by atoms with Crippen LogP contribution in [0.4, 0.5) is 5.69 Å². The van der Waals surface area contributed by atoms with E-state index >= 15 is 0 Å².